The first-order valence-corrected chi connectivity index (χ1v) is 11.3. The van der Waals surface area contributed by atoms with E-state index in [1.54, 1.807) is 17.7 Å². The number of ether oxygens (including phenoxy) is 1. The van der Waals surface area contributed by atoms with Gasteiger partial charge in [-0.3, -0.25) is 4.79 Å². The van der Waals surface area contributed by atoms with Gasteiger partial charge in [-0.2, -0.15) is 0 Å². The van der Waals surface area contributed by atoms with Crippen molar-refractivity contribution in [3.05, 3.63) is 94.4 Å². The van der Waals surface area contributed by atoms with Crippen molar-refractivity contribution in [3.8, 4) is 11.1 Å². The monoisotopic (exact) mass is 430 g/mol. The number of aryl methyl sites for hydroxylation is 1. The lowest BCUT2D eigenvalue weighted by Gasteiger charge is -2.43. The van der Waals surface area contributed by atoms with Gasteiger partial charge in [0.15, 0.2) is 0 Å². The first-order chi connectivity index (χ1) is 15.5. The van der Waals surface area contributed by atoms with Crippen molar-refractivity contribution in [1.29, 1.82) is 0 Å². The molecule has 0 saturated carbocycles. The predicted octanol–water partition coefficient (Wildman–Crippen LogP) is 5.65. The van der Waals surface area contributed by atoms with E-state index in [9.17, 15) is 9.59 Å². The van der Waals surface area contributed by atoms with Crippen LogP contribution in [0, 0.1) is 0 Å². The van der Waals surface area contributed by atoms with Crippen LogP contribution in [0.2, 0.25) is 0 Å². The fourth-order valence-corrected chi connectivity index (χ4v) is 4.65. The van der Waals surface area contributed by atoms with Crippen LogP contribution in [0.3, 0.4) is 0 Å². The summed E-state index contributed by atoms with van der Waals surface area (Å²) in [5.74, 6) is 0. The fourth-order valence-electron chi connectivity index (χ4n) is 4.65. The summed E-state index contributed by atoms with van der Waals surface area (Å²) in [5.41, 5.74) is 3.58. The number of hydrogen-bond acceptors (Lipinski definition) is 3. The average Bonchev–Trinajstić information content (AvgIpc) is 2.83. The summed E-state index contributed by atoms with van der Waals surface area (Å²) in [6, 6.07) is 21.7. The zero-order valence-electron chi connectivity index (χ0n) is 19.0. The SMILES string of the molecule is CC[C@@H](c1ccc(-c2ccc(=O)n(C)c2)cc1)N1CCC(CC)(c2ccccc2)OC1=O. The molecule has 4 rings (SSSR count). The van der Waals surface area contributed by atoms with Gasteiger partial charge in [0.2, 0.25) is 5.56 Å². The van der Waals surface area contributed by atoms with Gasteiger partial charge in [-0.05, 0) is 41.2 Å². The Morgan fingerprint density at radius 1 is 0.938 bits per heavy atom. The minimum absolute atomic E-state index is 0.0290. The summed E-state index contributed by atoms with van der Waals surface area (Å²) >= 11 is 0. The van der Waals surface area contributed by atoms with Gasteiger partial charge < -0.3 is 14.2 Å². The van der Waals surface area contributed by atoms with Crippen LogP contribution in [0.5, 0.6) is 0 Å². The van der Waals surface area contributed by atoms with Gasteiger partial charge >= 0.3 is 6.09 Å². The number of carbonyl (C=O) groups excluding carboxylic acids is 1. The third-order valence-corrected chi connectivity index (χ3v) is 6.62. The van der Waals surface area contributed by atoms with Gasteiger partial charge in [-0.15, -0.1) is 0 Å². The van der Waals surface area contributed by atoms with E-state index < -0.39 is 5.60 Å². The second-order valence-corrected chi connectivity index (χ2v) is 8.44. The normalized spacial score (nSPS) is 19.5. The van der Waals surface area contributed by atoms with E-state index in [4.69, 9.17) is 4.74 Å². The van der Waals surface area contributed by atoms with Gasteiger partial charge in [0, 0.05) is 32.3 Å². The molecule has 1 saturated heterocycles. The molecule has 1 unspecified atom stereocenters. The molecule has 2 heterocycles. The van der Waals surface area contributed by atoms with Crippen molar-refractivity contribution in [2.24, 2.45) is 7.05 Å². The van der Waals surface area contributed by atoms with E-state index in [2.05, 4.69) is 26.0 Å². The fraction of sp³-hybridized carbons (Fsp3) is 0.333. The topological polar surface area (TPSA) is 51.5 Å². The van der Waals surface area contributed by atoms with Crippen LogP contribution in [-0.4, -0.2) is 22.1 Å². The first kappa shape index (κ1) is 21.9. The number of amides is 1. The third-order valence-electron chi connectivity index (χ3n) is 6.62. The van der Waals surface area contributed by atoms with Gasteiger partial charge in [0.05, 0.1) is 6.04 Å². The summed E-state index contributed by atoms with van der Waals surface area (Å²) in [6.45, 7) is 4.83. The highest BCUT2D eigenvalue weighted by Crippen LogP contribution is 2.40. The van der Waals surface area contributed by atoms with Crippen molar-refractivity contribution in [3.63, 3.8) is 0 Å². The molecule has 0 N–H and O–H groups in total. The van der Waals surface area contributed by atoms with Crippen LogP contribution < -0.4 is 5.56 Å². The van der Waals surface area contributed by atoms with Crippen molar-refractivity contribution < 1.29 is 9.53 Å². The van der Waals surface area contributed by atoms with Gasteiger partial charge in [-0.25, -0.2) is 4.79 Å². The summed E-state index contributed by atoms with van der Waals surface area (Å²) in [6.07, 6.45) is 3.91. The molecule has 166 valence electrons. The minimum Gasteiger partial charge on any atom is -0.438 e. The maximum Gasteiger partial charge on any atom is 0.411 e. The Morgan fingerprint density at radius 2 is 1.62 bits per heavy atom. The van der Waals surface area contributed by atoms with Crippen LogP contribution in [0.15, 0.2) is 77.7 Å². The third kappa shape index (κ3) is 4.07. The lowest BCUT2D eigenvalue weighted by Crippen LogP contribution is -2.48. The molecule has 0 aliphatic carbocycles. The summed E-state index contributed by atoms with van der Waals surface area (Å²) < 4.78 is 7.68. The summed E-state index contributed by atoms with van der Waals surface area (Å²) in [7, 11) is 1.75. The van der Waals surface area contributed by atoms with Crippen LogP contribution in [0.1, 0.15) is 50.3 Å². The molecule has 1 aliphatic rings. The molecular formula is C27H30N2O3. The van der Waals surface area contributed by atoms with Gasteiger partial charge in [-0.1, -0.05) is 68.4 Å². The second kappa shape index (κ2) is 9.03. The number of rotatable bonds is 6. The number of pyridine rings is 1. The Balaban J connectivity index is 1.55. The van der Waals surface area contributed by atoms with Crippen molar-refractivity contribution in [2.45, 2.75) is 44.8 Å². The van der Waals surface area contributed by atoms with Crippen molar-refractivity contribution >= 4 is 6.09 Å². The van der Waals surface area contributed by atoms with E-state index in [1.165, 1.54) is 0 Å². The lowest BCUT2D eigenvalue weighted by atomic mass is 9.86. The molecule has 0 spiro atoms. The molecule has 0 bridgehead atoms. The molecule has 32 heavy (non-hydrogen) atoms. The van der Waals surface area contributed by atoms with E-state index in [0.29, 0.717) is 6.54 Å². The summed E-state index contributed by atoms with van der Waals surface area (Å²) in [5, 5.41) is 0. The largest absolute Gasteiger partial charge is 0.438 e. The average molecular weight is 431 g/mol. The predicted molar refractivity (Wildman–Crippen MR) is 126 cm³/mol. The molecular weight excluding hydrogens is 400 g/mol. The van der Waals surface area contributed by atoms with E-state index in [1.807, 2.05) is 59.6 Å². The quantitative estimate of drug-likeness (QED) is 0.508. The molecule has 5 heteroatoms. The molecule has 1 fully saturated rings. The van der Waals surface area contributed by atoms with Crippen molar-refractivity contribution in [2.75, 3.05) is 6.54 Å². The zero-order valence-corrected chi connectivity index (χ0v) is 19.0. The minimum atomic E-state index is -0.555. The molecule has 1 aliphatic heterocycles. The molecule has 5 nitrogen and oxygen atoms in total. The molecule has 2 atom stereocenters. The Hall–Kier alpha value is -3.34. The Bertz CT molecular complexity index is 1140. The number of cyclic esters (lactones) is 1. The van der Waals surface area contributed by atoms with E-state index in [-0.39, 0.29) is 17.7 Å². The number of aromatic nitrogens is 1. The lowest BCUT2D eigenvalue weighted by molar-refractivity contribution is -0.0646. The molecule has 1 aromatic heterocycles. The summed E-state index contributed by atoms with van der Waals surface area (Å²) in [4.78, 5) is 26.7. The Morgan fingerprint density at radius 3 is 2.22 bits per heavy atom. The number of carbonyl (C=O) groups is 1. The highest BCUT2D eigenvalue weighted by molar-refractivity contribution is 5.70. The van der Waals surface area contributed by atoms with Crippen LogP contribution in [0.25, 0.3) is 11.1 Å². The first-order valence-electron chi connectivity index (χ1n) is 11.3. The van der Waals surface area contributed by atoms with Gasteiger partial charge in [0.1, 0.15) is 5.60 Å². The van der Waals surface area contributed by atoms with Crippen molar-refractivity contribution in [1.82, 2.24) is 9.47 Å². The van der Waals surface area contributed by atoms with Crippen LogP contribution >= 0.6 is 0 Å². The molecule has 0 radical (unpaired) electrons. The van der Waals surface area contributed by atoms with E-state index in [0.717, 1.165) is 41.5 Å². The maximum absolute atomic E-state index is 13.1. The standard InChI is InChI=1S/C27H30N2O3/c1-4-24(21-13-11-20(12-14-21)22-15-16-25(30)28(3)19-22)29-18-17-27(5-2,32-26(29)31)23-9-7-6-8-10-23/h6-16,19,24H,4-5,17-18H2,1-3H3/t24-,27?/m0/s1. The second-order valence-electron chi connectivity index (χ2n) is 8.44. The van der Waals surface area contributed by atoms with Crippen LogP contribution in [0.4, 0.5) is 4.79 Å². The number of nitrogens with zero attached hydrogens (tertiary/aromatic N) is 2. The highest BCUT2D eigenvalue weighted by Gasteiger charge is 2.42. The smallest absolute Gasteiger partial charge is 0.411 e. The Labute approximate surface area is 189 Å². The molecule has 1 amide bonds. The van der Waals surface area contributed by atoms with Crippen LogP contribution in [-0.2, 0) is 17.4 Å². The zero-order chi connectivity index (χ0) is 22.7. The molecule has 3 aromatic rings. The number of benzene rings is 2. The van der Waals surface area contributed by atoms with Gasteiger partial charge in [0.25, 0.3) is 0 Å². The number of hydrogen-bond donors (Lipinski definition) is 0. The Kier molecular flexibility index (Phi) is 6.17. The van der Waals surface area contributed by atoms with E-state index >= 15 is 0 Å². The highest BCUT2D eigenvalue weighted by atomic mass is 16.6. The molecule has 2 aromatic carbocycles. The maximum atomic E-state index is 13.1.